The summed E-state index contributed by atoms with van der Waals surface area (Å²) in [5, 5.41) is 0.317. The van der Waals surface area contributed by atoms with Crippen molar-refractivity contribution in [2.45, 2.75) is 5.38 Å². The molecule has 1 unspecified atom stereocenters. The molecule has 1 nitrogen and oxygen atoms in total. The Kier molecular flexibility index (Phi) is 5.40. The summed E-state index contributed by atoms with van der Waals surface area (Å²) in [4.78, 5) is 0. The Morgan fingerprint density at radius 2 is 1.89 bits per heavy atom. The molecule has 5 heteroatoms. The largest absolute Gasteiger partial charge is 0.495 e. The van der Waals surface area contributed by atoms with E-state index >= 15 is 0 Å². The molecule has 0 heterocycles. The average Bonchev–Trinajstić information content (AvgIpc) is 2.37. The Bertz CT molecular complexity index is 604. The lowest BCUT2D eigenvalue weighted by Gasteiger charge is -2.17. The molecule has 2 aromatic rings. The molecule has 2 aromatic carbocycles. The number of rotatable bonds is 3. The van der Waals surface area contributed by atoms with E-state index in [0.717, 1.165) is 19.2 Å². The Hall–Kier alpha value is 0.0300. The molecule has 0 saturated heterocycles. The maximum atomic E-state index is 6.60. The van der Waals surface area contributed by atoms with Gasteiger partial charge < -0.3 is 4.74 Å². The van der Waals surface area contributed by atoms with Crippen LogP contribution in [0.1, 0.15) is 16.5 Å². The second-order valence-corrected chi connectivity index (χ2v) is 6.78. The zero-order valence-corrected chi connectivity index (χ0v) is 15.2. The molecule has 0 spiro atoms. The monoisotopic (exact) mass is 470 g/mol. The number of ether oxygens (including phenoxy) is 1. The third-order valence-corrected chi connectivity index (χ3v) is 4.95. The van der Waals surface area contributed by atoms with Crippen molar-refractivity contribution in [2.24, 2.45) is 0 Å². The fourth-order valence-corrected chi connectivity index (χ4v) is 4.06. The third kappa shape index (κ3) is 3.38. The van der Waals surface area contributed by atoms with Crippen molar-refractivity contribution in [1.29, 1.82) is 0 Å². The molecule has 0 amide bonds. The molecule has 0 bridgehead atoms. The molecule has 0 fully saturated rings. The topological polar surface area (TPSA) is 9.23 Å². The highest BCUT2D eigenvalue weighted by atomic mass is 127. The Balaban J connectivity index is 2.55. The van der Waals surface area contributed by atoms with Crippen LogP contribution < -0.4 is 4.74 Å². The maximum Gasteiger partial charge on any atom is 0.138 e. The molecule has 1 atom stereocenters. The van der Waals surface area contributed by atoms with E-state index in [1.807, 2.05) is 30.3 Å². The third-order valence-electron chi connectivity index (χ3n) is 2.69. The minimum Gasteiger partial charge on any atom is -0.495 e. The normalized spacial score (nSPS) is 12.3. The quantitative estimate of drug-likeness (QED) is 0.391. The first kappa shape index (κ1) is 15.4. The van der Waals surface area contributed by atoms with Gasteiger partial charge in [-0.05, 0) is 62.3 Å². The lowest BCUT2D eigenvalue weighted by atomic mass is 10.0. The van der Waals surface area contributed by atoms with Gasteiger partial charge in [-0.15, -0.1) is 11.6 Å². The molecule has 0 aromatic heterocycles. The van der Waals surface area contributed by atoms with Gasteiger partial charge in [0.15, 0.2) is 0 Å². The smallest absolute Gasteiger partial charge is 0.138 e. The van der Waals surface area contributed by atoms with Gasteiger partial charge in [0.1, 0.15) is 5.75 Å². The summed E-state index contributed by atoms with van der Waals surface area (Å²) >= 11 is 18.4. The average molecular weight is 472 g/mol. The van der Waals surface area contributed by atoms with Crippen LogP contribution in [0, 0.1) is 3.57 Å². The number of halogens is 4. The number of benzene rings is 2. The maximum absolute atomic E-state index is 6.60. The number of alkyl halides is 1. The van der Waals surface area contributed by atoms with Gasteiger partial charge in [0.2, 0.25) is 0 Å². The fourth-order valence-electron chi connectivity index (χ4n) is 1.83. The van der Waals surface area contributed by atoms with Crippen molar-refractivity contribution >= 4 is 61.7 Å². The zero-order valence-electron chi connectivity index (χ0n) is 9.96. The van der Waals surface area contributed by atoms with Gasteiger partial charge in [-0.25, -0.2) is 0 Å². The van der Waals surface area contributed by atoms with E-state index < -0.39 is 0 Å². The van der Waals surface area contributed by atoms with Gasteiger partial charge in [0, 0.05) is 14.2 Å². The minimum absolute atomic E-state index is 0.307. The first-order chi connectivity index (χ1) is 9.04. The molecule has 19 heavy (non-hydrogen) atoms. The van der Waals surface area contributed by atoms with Gasteiger partial charge in [-0.3, -0.25) is 0 Å². The molecular formula is C14H10BrCl2IO. The predicted molar refractivity (Wildman–Crippen MR) is 92.6 cm³/mol. The summed E-state index contributed by atoms with van der Waals surface area (Å²) in [6.07, 6.45) is 0. The number of methoxy groups -OCH3 is 1. The number of hydrogen-bond donors (Lipinski definition) is 0. The SMILES string of the molecule is COc1c(Br)cc(Cl)cc1C(Cl)c1ccccc1I. The van der Waals surface area contributed by atoms with Crippen molar-refractivity contribution in [3.63, 3.8) is 0 Å². The van der Waals surface area contributed by atoms with Crippen LogP contribution in [0.15, 0.2) is 40.9 Å². The van der Waals surface area contributed by atoms with E-state index in [0.29, 0.717) is 10.8 Å². The molecule has 0 aliphatic rings. The highest BCUT2D eigenvalue weighted by Gasteiger charge is 2.20. The van der Waals surface area contributed by atoms with E-state index in [1.165, 1.54) is 0 Å². The Morgan fingerprint density at radius 1 is 1.21 bits per heavy atom. The van der Waals surface area contributed by atoms with Crippen LogP contribution in [0.2, 0.25) is 5.02 Å². The lowest BCUT2D eigenvalue weighted by molar-refractivity contribution is 0.407. The molecule has 2 rings (SSSR count). The van der Waals surface area contributed by atoms with Crippen molar-refractivity contribution in [2.75, 3.05) is 7.11 Å². The lowest BCUT2D eigenvalue weighted by Crippen LogP contribution is -2.00. The summed E-state index contributed by atoms with van der Waals surface area (Å²) in [6, 6.07) is 11.6. The van der Waals surface area contributed by atoms with Gasteiger partial charge in [-0.1, -0.05) is 29.8 Å². The standard InChI is InChI=1S/C14H10BrCl2IO/c1-19-14-10(6-8(16)7-11(14)15)13(17)9-4-2-3-5-12(9)18/h2-7,13H,1H3. The van der Waals surface area contributed by atoms with Crippen molar-refractivity contribution in [1.82, 2.24) is 0 Å². The summed E-state index contributed by atoms with van der Waals surface area (Å²) in [5.41, 5.74) is 1.89. The van der Waals surface area contributed by atoms with Crippen LogP contribution in [0.25, 0.3) is 0 Å². The van der Waals surface area contributed by atoms with Crippen molar-refractivity contribution in [3.05, 3.63) is 60.6 Å². The minimum atomic E-state index is -0.307. The first-order valence-electron chi connectivity index (χ1n) is 5.46. The zero-order chi connectivity index (χ0) is 14.0. The molecule has 0 saturated carbocycles. The van der Waals surface area contributed by atoms with E-state index in [4.69, 9.17) is 27.9 Å². The van der Waals surface area contributed by atoms with Crippen LogP contribution in [0.5, 0.6) is 5.75 Å². The fraction of sp³-hybridized carbons (Fsp3) is 0.143. The summed E-state index contributed by atoms with van der Waals surface area (Å²) < 4.78 is 7.33. The highest BCUT2D eigenvalue weighted by Crippen LogP contribution is 2.42. The first-order valence-corrected chi connectivity index (χ1v) is 8.14. The molecule has 0 aliphatic heterocycles. The van der Waals surface area contributed by atoms with Crippen LogP contribution in [0.3, 0.4) is 0 Å². The van der Waals surface area contributed by atoms with Gasteiger partial charge in [0.05, 0.1) is 17.0 Å². The second kappa shape index (κ2) is 6.66. The second-order valence-electron chi connectivity index (χ2n) is 3.89. The van der Waals surface area contributed by atoms with Crippen LogP contribution in [-0.4, -0.2) is 7.11 Å². The van der Waals surface area contributed by atoms with Gasteiger partial charge in [0.25, 0.3) is 0 Å². The van der Waals surface area contributed by atoms with Crippen molar-refractivity contribution in [3.8, 4) is 5.75 Å². The molecule has 0 N–H and O–H groups in total. The van der Waals surface area contributed by atoms with Crippen LogP contribution >= 0.6 is 61.7 Å². The molecular weight excluding hydrogens is 462 g/mol. The van der Waals surface area contributed by atoms with E-state index in [9.17, 15) is 0 Å². The van der Waals surface area contributed by atoms with E-state index in [2.05, 4.69) is 38.5 Å². The summed E-state index contributed by atoms with van der Waals surface area (Å²) in [7, 11) is 1.62. The highest BCUT2D eigenvalue weighted by molar-refractivity contribution is 14.1. The Morgan fingerprint density at radius 3 is 2.53 bits per heavy atom. The molecule has 0 aliphatic carbocycles. The van der Waals surface area contributed by atoms with Crippen LogP contribution in [0.4, 0.5) is 0 Å². The summed E-state index contributed by atoms with van der Waals surface area (Å²) in [5.74, 6) is 0.712. The predicted octanol–water partition coefficient (Wildman–Crippen LogP) is 6.04. The number of hydrogen-bond acceptors (Lipinski definition) is 1. The van der Waals surface area contributed by atoms with E-state index in [-0.39, 0.29) is 5.38 Å². The Labute approximate surface area is 144 Å². The van der Waals surface area contributed by atoms with Crippen molar-refractivity contribution < 1.29 is 4.74 Å². The van der Waals surface area contributed by atoms with E-state index in [1.54, 1.807) is 13.2 Å². The summed E-state index contributed by atoms with van der Waals surface area (Å²) in [6.45, 7) is 0. The van der Waals surface area contributed by atoms with Gasteiger partial charge >= 0.3 is 0 Å². The molecule has 100 valence electrons. The van der Waals surface area contributed by atoms with Crippen LogP contribution in [-0.2, 0) is 0 Å². The van der Waals surface area contributed by atoms with Gasteiger partial charge in [-0.2, -0.15) is 0 Å². The molecule has 0 radical (unpaired) electrons.